The molecular formula is C28H35ClN7O2P. The van der Waals surface area contributed by atoms with Gasteiger partial charge in [-0.3, -0.25) is 4.90 Å². The summed E-state index contributed by atoms with van der Waals surface area (Å²) in [6.45, 7) is 9.56. The van der Waals surface area contributed by atoms with E-state index in [0.29, 0.717) is 35.5 Å². The number of nitrogens with zero attached hydrogens (tertiary/aromatic N) is 4. The van der Waals surface area contributed by atoms with Crippen molar-refractivity contribution < 1.29 is 9.30 Å². The number of hydrogen-bond donors (Lipinski definition) is 3. The Kier molecular flexibility index (Phi) is 7.42. The molecule has 0 aliphatic carbocycles. The molecule has 11 heteroatoms. The highest BCUT2D eigenvalue weighted by Gasteiger charge is 2.35. The number of rotatable bonds is 6. The minimum atomic E-state index is -2.50. The van der Waals surface area contributed by atoms with Gasteiger partial charge in [0.2, 0.25) is 5.95 Å². The maximum absolute atomic E-state index is 12.8. The van der Waals surface area contributed by atoms with Crippen molar-refractivity contribution in [3.05, 3.63) is 53.7 Å². The van der Waals surface area contributed by atoms with Gasteiger partial charge in [0, 0.05) is 42.7 Å². The molecule has 2 aromatic carbocycles. The van der Waals surface area contributed by atoms with Crippen LogP contribution in [0.2, 0.25) is 5.02 Å². The van der Waals surface area contributed by atoms with Gasteiger partial charge in [0.25, 0.3) is 0 Å². The summed E-state index contributed by atoms with van der Waals surface area (Å²) in [6, 6.07) is 14.7. The van der Waals surface area contributed by atoms with Gasteiger partial charge in [-0.25, -0.2) is 4.98 Å². The molecule has 0 amide bonds. The molecule has 0 radical (unpaired) electrons. The second-order valence-electron chi connectivity index (χ2n) is 10.8. The maximum atomic E-state index is 12.8. The van der Waals surface area contributed by atoms with E-state index in [-0.39, 0.29) is 0 Å². The number of aromatic nitrogens is 2. The van der Waals surface area contributed by atoms with E-state index in [9.17, 15) is 4.57 Å². The van der Waals surface area contributed by atoms with Gasteiger partial charge in [-0.2, -0.15) is 4.98 Å². The Morgan fingerprint density at radius 3 is 2.72 bits per heavy atom. The third-order valence-corrected chi connectivity index (χ3v) is 9.60. The fraction of sp³-hybridized carbons (Fsp3) is 0.429. The van der Waals surface area contributed by atoms with Gasteiger partial charge in [-0.05, 0) is 63.5 Å². The third kappa shape index (κ3) is 5.73. The summed E-state index contributed by atoms with van der Waals surface area (Å²) < 4.78 is 19.0. The van der Waals surface area contributed by atoms with Crippen molar-refractivity contribution in [1.29, 1.82) is 0 Å². The van der Waals surface area contributed by atoms with Crippen LogP contribution in [0.5, 0.6) is 5.75 Å². The molecule has 1 atom stereocenters. The molecule has 2 fully saturated rings. The van der Waals surface area contributed by atoms with Crippen molar-refractivity contribution in [1.82, 2.24) is 20.2 Å². The van der Waals surface area contributed by atoms with Crippen molar-refractivity contribution in [2.75, 3.05) is 68.2 Å². The summed E-state index contributed by atoms with van der Waals surface area (Å²) in [5.41, 5.74) is 2.69. The first kappa shape index (κ1) is 26.4. The van der Waals surface area contributed by atoms with Crippen molar-refractivity contribution in [2.24, 2.45) is 0 Å². The smallest absolute Gasteiger partial charge is 0.229 e. The summed E-state index contributed by atoms with van der Waals surface area (Å²) in [6.07, 6.45) is 4.02. The van der Waals surface area contributed by atoms with E-state index in [1.54, 1.807) is 19.5 Å². The summed E-state index contributed by atoms with van der Waals surface area (Å²) >= 11 is 6.42. The molecule has 3 aliphatic rings. The highest BCUT2D eigenvalue weighted by Crippen LogP contribution is 2.40. The van der Waals surface area contributed by atoms with Gasteiger partial charge in [0.15, 0.2) is 5.82 Å². The van der Waals surface area contributed by atoms with E-state index < -0.39 is 7.14 Å². The number of anilines is 5. The zero-order valence-electron chi connectivity index (χ0n) is 22.4. The van der Waals surface area contributed by atoms with Gasteiger partial charge < -0.3 is 30.2 Å². The zero-order valence-corrected chi connectivity index (χ0v) is 24.0. The minimum absolute atomic E-state index is 0.373. The molecule has 4 heterocycles. The van der Waals surface area contributed by atoms with E-state index in [2.05, 4.69) is 41.8 Å². The van der Waals surface area contributed by atoms with Crippen molar-refractivity contribution in [3.8, 4) is 5.75 Å². The van der Waals surface area contributed by atoms with Crippen LogP contribution in [-0.2, 0) is 4.57 Å². The summed E-state index contributed by atoms with van der Waals surface area (Å²) in [4.78, 5) is 14.1. The maximum Gasteiger partial charge on any atom is 0.229 e. The quantitative estimate of drug-likeness (QED) is 0.372. The average Bonchev–Trinajstić information content (AvgIpc) is 2.94. The van der Waals surface area contributed by atoms with E-state index in [1.165, 1.54) is 12.8 Å². The number of halogens is 1. The lowest BCUT2D eigenvalue weighted by molar-refractivity contribution is 0.110. The normalized spacial score (nSPS) is 20.1. The van der Waals surface area contributed by atoms with Gasteiger partial charge in [-0.1, -0.05) is 23.7 Å². The van der Waals surface area contributed by atoms with E-state index in [4.69, 9.17) is 16.3 Å². The largest absolute Gasteiger partial charge is 0.489 e. The van der Waals surface area contributed by atoms with Crippen LogP contribution in [0.4, 0.5) is 28.8 Å². The van der Waals surface area contributed by atoms with Crippen molar-refractivity contribution in [3.63, 3.8) is 0 Å². The SMILES string of the molecule is CP(C)(=O)c1ccccc1Nc1nc(Nc2ccc3c(c2)OC[C@@H]2CN(C4CCNCC4)CCN32)ncc1Cl. The predicted octanol–water partition coefficient (Wildman–Crippen LogP) is 4.50. The van der Waals surface area contributed by atoms with Crippen LogP contribution in [-0.4, -0.2) is 79.6 Å². The van der Waals surface area contributed by atoms with Crippen LogP contribution in [0.15, 0.2) is 48.7 Å². The summed E-state index contributed by atoms with van der Waals surface area (Å²) in [5, 5.41) is 11.1. The Balaban J connectivity index is 1.16. The van der Waals surface area contributed by atoms with Crippen LogP contribution in [0.3, 0.4) is 0 Å². The van der Waals surface area contributed by atoms with Crippen molar-refractivity contribution >= 4 is 52.9 Å². The van der Waals surface area contributed by atoms with Gasteiger partial charge in [0.05, 0.1) is 23.6 Å². The number of para-hydroxylation sites is 1. The third-order valence-electron chi connectivity index (χ3n) is 7.78. The van der Waals surface area contributed by atoms with E-state index in [0.717, 1.165) is 60.8 Å². The molecule has 206 valence electrons. The van der Waals surface area contributed by atoms with Crippen LogP contribution in [0.1, 0.15) is 12.8 Å². The standard InChI is InChI=1S/C28H35ClN7O2P/c1-39(2,37)26-6-4-3-5-23(26)33-27-22(29)16-31-28(34-27)32-19-7-8-24-25(15-19)38-18-21-17-35(13-14-36(21)24)20-9-11-30-12-10-20/h3-8,15-16,20-21,30H,9-14,17-18H2,1-2H3,(H2,31,32,33,34)/t21-/m0/s1. The molecular weight excluding hydrogens is 533 g/mol. The number of nitrogens with one attached hydrogen (secondary N) is 3. The van der Waals surface area contributed by atoms with Gasteiger partial charge in [-0.15, -0.1) is 0 Å². The topological polar surface area (TPSA) is 94.6 Å². The highest BCUT2D eigenvalue weighted by atomic mass is 35.5. The van der Waals surface area contributed by atoms with Crippen LogP contribution in [0.25, 0.3) is 0 Å². The lowest BCUT2D eigenvalue weighted by Gasteiger charge is -2.48. The van der Waals surface area contributed by atoms with Gasteiger partial charge in [0.1, 0.15) is 24.5 Å². The molecule has 0 saturated carbocycles. The Morgan fingerprint density at radius 1 is 1.08 bits per heavy atom. The zero-order chi connectivity index (χ0) is 27.0. The molecule has 3 aromatic rings. The Morgan fingerprint density at radius 2 is 1.90 bits per heavy atom. The molecule has 0 spiro atoms. The summed E-state index contributed by atoms with van der Waals surface area (Å²) in [5.74, 6) is 1.72. The van der Waals surface area contributed by atoms with Crippen LogP contribution < -0.4 is 30.9 Å². The molecule has 1 aromatic heterocycles. The molecule has 2 saturated heterocycles. The number of piperidine rings is 1. The van der Waals surface area contributed by atoms with Crippen LogP contribution >= 0.6 is 18.7 Å². The van der Waals surface area contributed by atoms with E-state index in [1.807, 2.05) is 36.4 Å². The lowest BCUT2D eigenvalue weighted by atomic mass is 10.0. The number of benzene rings is 2. The van der Waals surface area contributed by atoms with Crippen LogP contribution in [0, 0.1) is 0 Å². The average molecular weight is 568 g/mol. The molecule has 3 N–H and O–H groups in total. The second-order valence-corrected chi connectivity index (χ2v) is 14.4. The first-order valence-corrected chi connectivity index (χ1v) is 16.5. The Bertz CT molecular complexity index is 1390. The minimum Gasteiger partial charge on any atom is -0.489 e. The fourth-order valence-corrected chi connectivity index (χ4v) is 7.09. The first-order valence-electron chi connectivity index (χ1n) is 13.5. The molecule has 0 bridgehead atoms. The second kappa shape index (κ2) is 11.0. The number of ether oxygens (including phenoxy) is 1. The molecule has 39 heavy (non-hydrogen) atoms. The first-order chi connectivity index (χ1) is 18.8. The molecule has 3 aliphatic heterocycles. The van der Waals surface area contributed by atoms with Gasteiger partial charge >= 0.3 is 0 Å². The number of piperazine rings is 1. The Hall–Kier alpha value is -2.84. The summed E-state index contributed by atoms with van der Waals surface area (Å²) in [7, 11) is -2.50. The van der Waals surface area contributed by atoms with Crippen molar-refractivity contribution in [2.45, 2.75) is 24.9 Å². The number of fused-ring (bicyclic) bond motifs is 3. The molecule has 9 nitrogen and oxygen atoms in total. The Labute approximate surface area is 234 Å². The number of hydrogen-bond acceptors (Lipinski definition) is 9. The fourth-order valence-electron chi connectivity index (χ4n) is 5.79. The molecule has 6 rings (SSSR count). The van der Waals surface area contributed by atoms with E-state index >= 15 is 0 Å². The lowest BCUT2D eigenvalue weighted by Crippen LogP contribution is -2.60. The monoisotopic (exact) mass is 567 g/mol. The predicted molar refractivity (Wildman–Crippen MR) is 160 cm³/mol. The highest BCUT2D eigenvalue weighted by molar-refractivity contribution is 7.70. The molecule has 0 unspecified atom stereocenters.